The summed E-state index contributed by atoms with van der Waals surface area (Å²) >= 11 is 5.97. The Balaban J connectivity index is 0.00000132. The number of carbonyl (C=O) groups excluding carboxylic acids is 2. The molecular formula is C20H30ClN3O5. The van der Waals surface area contributed by atoms with Crippen LogP contribution in [0.4, 0.5) is 5.69 Å². The first-order valence-corrected chi connectivity index (χ1v) is 10.1. The van der Waals surface area contributed by atoms with Gasteiger partial charge in [0.05, 0.1) is 17.4 Å². The molecule has 9 heteroatoms. The van der Waals surface area contributed by atoms with E-state index in [2.05, 4.69) is 15.5 Å². The van der Waals surface area contributed by atoms with Crippen LogP contribution in [0.15, 0.2) is 18.2 Å². The second kappa shape index (κ2) is 13.9. The second-order valence-electron chi connectivity index (χ2n) is 6.78. The number of carboxylic acid groups (broad SMARTS) is 1. The minimum absolute atomic E-state index is 0.166. The van der Waals surface area contributed by atoms with E-state index in [0.29, 0.717) is 29.2 Å². The zero-order valence-electron chi connectivity index (χ0n) is 16.7. The van der Waals surface area contributed by atoms with Gasteiger partial charge >= 0.3 is 0 Å². The Hall–Kier alpha value is -2.16. The molecule has 0 bridgehead atoms. The Kier molecular flexibility index (Phi) is 11.9. The van der Waals surface area contributed by atoms with Crippen molar-refractivity contribution in [1.29, 1.82) is 0 Å². The smallest absolute Gasteiger partial charge is 0.290 e. The van der Waals surface area contributed by atoms with Crippen LogP contribution < -0.4 is 10.6 Å². The lowest BCUT2D eigenvalue weighted by atomic mass is 10.1. The van der Waals surface area contributed by atoms with Gasteiger partial charge in [-0.2, -0.15) is 0 Å². The molecule has 0 aromatic heterocycles. The average Bonchev–Trinajstić information content (AvgIpc) is 2.95. The number of amides is 2. The van der Waals surface area contributed by atoms with Crippen LogP contribution in [0, 0.1) is 0 Å². The van der Waals surface area contributed by atoms with Crippen molar-refractivity contribution in [3.05, 3.63) is 28.8 Å². The highest BCUT2D eigenvalue weighted by Crippen LogP contribution is 2.21. The van der Waals surface area contributed by atoms with Gasteiger partial charge in [-0.3, -0.25) is 14.4 Å². The maximum absolute atomic E-state index is 12.5. The molecule has 0 radical (unpaired) electrons. The second-order valence-corrected chi connectivity index (χ2v) is 7.21. The molecule has 2 rings (SSSR count). The highest BCUT2D eigenvalue weighted by atomic mass is 35.5. The Morgan fingerprint density at radius 1 is 1.24 bits per heavy atom. The summed E-state index contributed by atoms with van der Waals surface area (Å²) in [6.45, 7) is 4.20. The molecule has 8 nitrogen and oxygen atoms in total. The molecule has 1 saturated heterocycles. The van der Waals surface area contributed by atoms with E-state index < -0.39 is 6.10 Å². The van der Waals surface area contributed by atoms with Crippen LogP contribution in [0.3, 0.4) is 0 Å². The van der Waals surface area contributed by atoms with E-state index in [-0.39, 0.29) is 24.8 Å². The molecule has 29 heavy (non-hydrogen) atoms. The number of likely N-dealkylation sites (tertiary alicyclic amines) is 1. The zero-order valence-corrected chi connectivity index (χ0v) is 17.5. The van der Waals surface area contributed by atoms with Gasteiger partial charge in [-0.1, -0.05) is 31.4 Å². The standard InChI is InChI=1S/C19H28ClN3O3.CH2O2/c1-2-18(25)22-17-11-14(20)7-8-16(17)19(26)21-12-15(24)13-23-9-5-3-4-6-10-23;2-1-3/h7-8,11,15,24H,2-6,9-10,12-13H2,1H3,(H,21,26)(H,22,25);1H,(H,2,3). The average molecular weight is 428 g/mol. The van der Waals surface area contributed by atoms with E-state index in [0.717, 1.165) is 25.9 Å². The van der Waals surface area contributed by atoms with Gasteiger partial charge in [-0.15, -0.1) is 0 Å². The van der Waals surface area contributed by atoms with E-state index in [4.69, 9.17) is 21.5 Å². The van der Waals surface area contributed by atoms with Gasteiger partial charge in [-0.05, 0) is 44.1 Å². The van der Waals surface area contributed by atoms with Gasteiger partial charge in [0.2, 0.25) is 5.91 Å². The number of halogens is 1. The third-order valence-electron chi connectivity index (χ3n) is 4.49. The molecule has 1 aliphatic rings. The summed E-state index contributed by atoms with van der Waals surface area (Å²) in [6.07, 6.45) is 4.48. The van der Waals surface area contributed by atoms with E-state index in [9.17, 15) is 14.7 Å². The van der Waals surface area contributed by atoms with Crippen molar-refractivity contribution in [2.24, 2.45) is 0 Å². The van der Waals surface area contributed by atoms with E-state index in [1.165, 1.54) is 12.8 Å². The van der Waals surface area contributed by atoms with Crippen LogP contribution in [0.2, 0.25) is 5.02 Å². The number of hydrogen-bond donors (Lipinski definition) is 4. The summed E-state index contributed by atoms with van der Waals surface area (Å²) in [4.78, 5) is 34.7. The number of aliphatic hydroxyl groups excluding tert-OH is 1. The van der Waals surface area contributed by atoms with Crippen molar-refractivity contribution in [2.75, 3.05) is 31.5 Å². The van der Waals surface area contributed by atoms with Crippen molar-refractivity contribution in [2.45, 2.75) is 45.1 Å². The Labute approximate surface area is 176 Å². The fourth-order valence-corrected chi connectivity index (χ4v) is 3.22. The summed E-state index contributed by atoms with van der Waals surface area (Å²) < 4.78 is 0. The van der Waals surface area contributed by atoms with Crippen LogP contribution in [0.25, 0.3) is 0 Å². The summed E-state index contributed by atoms with van der Waals surface area (Å²) in [6, 6.07) is 4.73. The fraction of sp³-hybridized carbons (Fsp3) is 0.550. The van der Waals surface area contributed by atoms with Gasteiger partial charge in [0, 0.05) is 24.5 Å². The number of benzene rings is 1. The lowest BCUT2D eigenvalue weighted by molar-refractivity contribution is -0.123. The molecule has 0 aliphatic carbocycles. The minimum Gasteiger partial charge on any atom is -0.483 e. The van der Waals surface area contributed by atoms with Crippen molar-refractivity contribution < 1.29 is 24.6 Å². The molecule has 1 unspecified atom stereocenters. The molecule has 0 saturated carbocycles. The summed E-state index contributed by atoms with van der Waals surface area (Å²) in [5.41, 5.74) is 0.710. The third kappa shape index (κ3) is 9.74. The number of hydrogen-bond acceptors (Lipinski definition) is 5. The van der Waals surface area contributed by atoms with Crippen molar-refractivity contribution >= 4 is 35.6 Å². The molecule has 1 atom stereocenters. The Morgan fingerprint density at radius 3 is 2.45 bits per heavy atom. The minimum atomic E-state index is -0.627. The summed E-state index contributed by atoms with van der Waals surface area (Å²) in [5, 5.41) is 23.0. The SMILES string of the molecule is CCC(=O)Nc1cc(Cl)ccc1C(=O)NCC(O)CN1CCCCCC1.O=CO. The maximum Gasteiger partial charge on any atom is 0.290 e. The monoisotopic (exact) mass is 427 g/mol. The first-order chi connectivity index (χ1) is 13.9. The van der Waals surface area contributed by atoms with Crippen LogP contribution in [-0.2, 0) is 9.59 Å². The first kappa shape index (κ1) is 24.9. The quantitative estimate of drug-likeness (QED) is 0.496. The number of nitrogens with one attached hydrogen (secondary N) is 2. The third-order valence-corrected chi connectivity index (χ3v) is 4.72. The van der Waals surface area contributed by atoms with Gasteiger partial charge < -0.3 is 25.7 Å². The molecule has 1 heterocycles. The van der Waals surface area contributed by atoms with Crippen LogP contribution >= 0.6 is 11.6 Å². The van der Waals surface area contributed by atoms with E-state index in [1.54, 1.807) is 25.1 Å². The number of rotatable bonds is 7. The lowest BCUT2D eigenvalue weighted by Gasteiger charge is -2.23. The highest BCUT2D eigenvalue weighted by Gasteiger charge is 2.17. The molecule has 1 aliphatic heterocycles. The molecule has 4 N–H and O–H groups in total. The topological polar surface area (TPSA) is 119 Å². The molecule has 162 valence electrons. The van der Waals surface area contributed by atoms with Crippen molar-refractivity contribution in [1.82, 2.24) is 10.2 Å². The largest absolute Gasteiger partial charge is 0.483 e. The Morgan fingerprint density at radius 2 is 1.86 bits per heavy atom. The molecule has 1 fully saturated rings. The fourth-order valence-electron chi connectivity index (χ4n) is 3.04. The maximum atomic E-state index is 12.5. The van der Waals surface area contributed by atoms with Crippen LogP contribution in [0.1, 0.15) is 49.4 Å². The molecule has 0 spiro atoms. The number of nitrogens with zero attached hydrogens (tertiary/aromatic N) is 1. The number of anilines is 1. The van der Waals surface area contributed by atoms with Crippen LogP contribution in [-0.4, -0.2) is 65.7 Å². The van der Waals surface area contributed by atoms with Gasteiger partial charge in [0.15, 0.2) is 0 Å². The highest BCUT2D eigenvalue weighted by molar-refractivity contribution is 6.31. The lowest BCUT2D eigenvalue weighted by Crippen LogP contribution is -2.40. The van der Waals surface area contributed by atoms with Gasteiger partial charge in [-0.25, -0.2) is 0 Å². The normalized spacial score (nSPS) is 15.3. The number of aliphatic hydroxyl groups is 1. The van der Waals surface area contributed by atoms with Gasteiger partial charge in [0.1, 0.15) is 0 Å². The first-order valence-electron chi connectivity index (χ1n) is 9.77. The van der Waals surface area contributed by atoms with E-state index >= 15 is 0 Å². The van der Waals surface area contributed by atoms with E-state index in [1.807, 2.05) is 0 Å². The van der Waals surface area contributed by atoms with Crippen LogP contribution in [0.5, 0.6) is 0 Å². The van der Waals surface area contributed by atoms with Crippen molar-refractivity contribution in [3.63, 3.8) is 0 Å². The molecular weight excluding hydrogens is 398 g/mol. The Bertz CT molecular complexity index is 664. The predicted molar refractivity (Wildman–Crippen MR) is 112 cm³/mol. The summed E-state index contributed by atoms with van der Waals surface area (Å²) in [7, 11) is 0. The number of β-amino-alcohol motifs (C(OH)–C–C–N with tert-alkyl or cyclic N) is 1. The molecule has 1 aromatic rings. The van der Waals surface area contributed by atoms with Gasteiger partial charge in [0.25, 0.3) is 12.4 Å². The molecule has 2 amide bonds. The predicted octanol–water partition coefficient (Wildman–Crippen LogP) is 2.36. The summed E-state index contributed by atoms with van der Waals surface area (Å²) in [5.74, 6) is -0.537. The zero-order chi connectivity index (χ0) is 21.6. The molecule has 1 aromatic carbocycles. The number of carbonyl (C=O) groups is 3. The van der Waals surface area contributed by atoms with Crippen molar-refractivity contribution in [3.8, 4) is 0 Å².